The number of rotatable bonds is 5. The lowest BCUT2D eigenvalue weighted by atomic mass is 10.1. The fraction of sp³-hybridized carbons (Fsp3) is 0.400. The summed E-state index contributed by atoms with van der Waals surface area (Å²) < 4.78 is 1.73. The summed E-state index contributed by atoms with van der Waals surface area (Å²) in [6, 6.07) is 8.19. The molecule has 7 heteroatoms. The minimum absolute atomic E-state index is 0.0700. The van der Waals surface area contributed by atoms with E-state index in [4.69, 9.17) is 10.8 Å². The Labute approximate surface area is 128 Å². The molecule has 0 radical (unpaired) electrons. The Balaban J connectivity index is 1.60. The van der Waals surface area contributed by atoms with Crippen LogP contribution in [-0.4, -0.2) is 44.0 Å². The van der Waals surface area contributed by atoms with Crippen LogP contribution in [0.25, 0.3) is 0 Å². The summed E-state index contributed by atoms with van der Waals surface area (Å²) in [5, 5.41) is 16.8. The van der Waals surface area contributed by atoms with Gasteiger partial charge in [-0.3, -0.25) is 9.69 Å². The number of aromatic nitrogens is 3. The van der Waals surface area contributed by atoms with Crippen molar-refractivity contribution in [3.05, 3.63) is 47.3 Å². The second-order valence-corrected chi connectivity index (χ2v) is 5.60. The zero-order chi connectivity index (χ0) is 15.5. The van der Waals surface area contributed by atoms with Crippen molar-refractivity contribution < 1.29 is 9.90 Å². The van der Waals surface area contributed by atoms with Gasteiger partial charge in [-0.05, 0) is 17.5 Å². The molecule has 7 nitrogen and oxygen atoms in total. The molecule has 3 rings (SSSR count). The number of amides is 1. The van der Waals surface area contributed by atoms with Crippen LogP contribution in [-0.2, 0) is 13.2 Å². The molecule has 1 amide bonds. The van der Waals surface area contributed by atoms with E-state index in [2.05, 4.69) is 15.2 Å². The van der Waals surface area contributed by atoms with Crippen LogP contribution in [0.4, 0.5) is 0 Å². The van der Waals surface area contributed by atoms with Crippen molar-refractivity contribution in [2.24, 2.45) is 5.73 Å². The predicted molar refractivity (Wildman–Crippen MR) is 79.8 cm³/mol. The van der Waals surface area contributed by atoms with Gasteiger partial charge < -0.3 is 10.8 Å². The van der Waals surface area contributed by atoms with Gasteiger partial charge in [0.25, 0.3) is 5.91 Å². The zero-order valence-corrected chi connectivity index (χ0v) is 12.2. The van der Waals surface area contributed by atoms with Crippen molar-refractivity contribution in [2.45, 2.75) is 25.6 Å². The molecule has 2 heterocycles. The second-order valence-electron chi connectivity index (χ2n) is 5.60. The smallest absolute Gasteiger partial charge is 0.270 e. The van der Waals surface area contributed by atoms with Crippen molar-refractivity contribution in [3.8, 4) is 0 Å². The normalized spacial score (nSPS) is 18.7. The van der Waals surface area contributed by atoms with Gasteiger partial charge in [-0.1, -0.05) is 29.5 Å². The molecular formula is C15H19N5O2. The van der Waals surface area contributed by atoms with Crippen molar-refractivity contribution in [1.82, 2.24) is 19.9 Å². The molecule has 1 fully saturated rings. The lowest BCUT2D eigenvalue weighted by molar-refractivity contribution is 0.0995. The molecule has 0 aliphatic carbocycles. The van der Waals surface area contributed by atoms with E-state index in [0.717, 1.165) is 31.6 Å². The predicted octanol–water partition coefficient (Wildman–Crippen LogP) is 0.316. The molecule has 0 spiro atoms. The number of carbonyl (C=O) groups is 1. The number of hydrogen-bond donors (Lipinski definition) is 2. The Kier molecular flexibility index (Phi) is 4.17. The van der Waals surface area contributed by atoms with E-state index in [-0.39, 0.29) is 18.3 Å². The molecule has 1 aromatic carbocycles. The molecule has 116 valence electrons. The molecule has 2 aromatic rings. The van der Waals surface area contributed by atoms with Gasteiger partial charge >= 0.3 is 0 Å². The van der Waals surface area contributed by atoms with Crippen LogP contribution in [0, 0.1) is 0 Å². The number of carbonyl (C=O) groups excluding carboxylic acids is 1. The zero-order valence-electron chi connectivity index (χ0n) is 12.2. The maximum absolute atomic E-state index is 11.1. The highest BCUT2D eigenvalue weighted by atomic mass is 16.3. The Morgan fingerprint density at radius 1 is 1.32 bits per heavy atom. The number of aliphatic hydroxyl groups is 1. The number of nitrogens with two attached hydrogens (primary N) is 1. The van der Waals surface area contributed by atoms with Crippen LogP contribution in [0.3, 0.4) is 0 Å². The van der Waals surface area contributed by atoms with Crippen molar-refractivity contribution in [2.75, 3.05) is 13.1 Å². The Hall–Kier alpha value is -2.25. The number of nitrogens with zero attached hydrogens (tertiary/aromatic N) is 4. The first-order chi connectivity index (χ1) is 10.7. The monoisotopic (exact) mass is 301 g/mol. The van der Waals surface area contributed by atoms with E-state index in [0.29, 0.717) is 0 Å². The van der Waals surface area contributed by atoms with E-state index in [1.54, 1.807) is 10.9 Å². The minimum atomic E-state index is -0.551. The van der Waals surface area contributed by atoms with Crippen LogP contribution in [0.1, 0.15) is 34.1 Å². The molecule has 1 aromatic heterocycles. The number of likely N-dealkylation sites (tertiary alicyclic amines) is 1. The minimum Gasteiger partial charge on any atom is -0.392 e. The molecule has 1 aliphatic rings. The maximum Gasteiger partial charge on any atom is 0.270 e. The van der Waals surface area contributed by atoms with Crippen LogP contribution in [0.5, 0.6) is 0 Å². The summed E-state index contributed by atoms with van der Waals surface area (Å²) in [6.07, 6.45) is 2.59. The molecule has 1 atom stereocenters. The SMILES string of the molecule is NC(=O)c1cn(C2CCN(Cc3ccc(CO)cc3)C2)nn1. The van der Waals surface area contributed by atoms with Crippen LogP contribution in [0.15, 0.2) is 30.5 Å². The Bertz CT molecular complexity index is 652. The van der Waals surface area contributed by atoms with Gasteiger partial charge in [0.15, 0.2) is 5.69 Å². The number of primary amides is 1. The fourth-order valence-electron chi connectivity index (χ4n) is 2.75. The highest BCUT2D eigenvalue weighted by molar-refractivity contribution is 5.90. The highest BCUT2D eigenvalue weighted by Crippen LogP contribution is 2.22. The van der Waals surface area contributed by atoms with Gasteiger partial charge in [0.05, 0.1) is 18.8 Å². The lowest BCUT2D eigenvalue weighted by Gasteiger charge is -2.16. The molecule has 3 N–H and O–H groups in total. The lowest BCUT2D eigenvalue weighted by Crippen LogP contribution is -2.21. The fourth-order valence-corrected chi connectivity index (χ4v) is 2.75. The summed E-state index contributed by atoms with van der Waals surface area (Å²) in [5.41, 5.74) is 7.54. The van der Waals surface area contributed by atoms with Crippen molar-refractivity contribution >= 4 is 5.91 Å². The standard InChI is InChI=1S/C15H19N5O2/c16-15(22)14-9-20(18-17-14)13-5-6-19(8-13)7-11-1-3-12(10-21)4-2-11/h1-4,9,13,21H,5-8,10H2,(H2,16,22). The van der Waals surface area contributed by atoms with E-state index < -0.39 is 5.91 Å². The summed E-state index contributed by atoms with van der Waals surface area (Å²) in [4.78, 5) is 13.4. The average Bonchev–Trinajstić information content (AvgIpc) is 3.16. The molecule has 0 bridgehead atoms. The number of benzene rings is 1. The second kappa shape index (κ2) is 6.25. The van der Waals surface area contributed by atoms with Gasteiger partial charge in [-0.15, -0.1) is 5.10 Å². The summed E-state index contributed by atoms with van der Waals surface area (Å²) >= 11 is 0. The first-order valence-corrected chi connectivity index (χ1v) is 7.28. The molecule has 22 heavy (non-hydrogen) atoms. The van der Waals surface area contributed by atoms with Gasteiger partial charge in [0, 0.05) is 19.6 Å². The molecular weight excluding hydrogens is 282 g/mol. The Morgan fingerprint density at radius 2 is 2.05 bits per heavy atom. The number of aliphatic hydroxyl groups excluding tert-OH is 1. The van der Waals surface area contributed by atoms with E-state index in [1.807, 2.05) is 24.3 Å². The van der Waals surface area contributed by atoms with Crippen LogP contribution >= 0.6 is 0 Å². The van der Waals surface area contributed by atoms with Gasteiger partial charge in [-0.25, -0.2) is 4.68 Å². The third-order valence-electron chi connectivity index (χ3n) is 4.00. The molecule has 1 aliphatic heterocycles. The van der Waals surface area contributed by atoms with Gasteiger partial charge in [0.1, 0.15) is 0 Å². The molecule has 1 saturated heterocycles. The largest absolute Gasteiger partial charge is 0.392 e. The van der Waals surface area contributed by atoms with E-state index in [9.17, 15) is 4.79 Å². The van der Waals surface area contributed by atoms with Gasteiger partial charge in [-0.2, -0.15) is 0 Å². The van der Waals surface area contributed by atoms with Gasteiger partial charge in [0.2, 0.25) is 0 Å². The maximum atomic E-state index is 11.1. The quantitative estimate of drug-likeness (QED) is 0.828. The van der Waals surface area contributed by atoms with Crippen LogP contribution in [0.2, 0.25) is 0 Å². The summed E-state index contributed by atoms with van der Waals surface area (Å²) in [5.74, 6) is -0.551. The van der Waals surface area contributed by atoms with E-state index >= 15 is 0 Å². The van der Waals surface area contributed by atoms with Crippen molar-refractivity contribution in [3.63, 3.8) is 0 Å². The average molecular weight is 301 g/mol. The first-order valence-electron chi connectivity index (χ1n) is 7.28. The molecule has 0 saturated carbocycles. The third-order valence-corrected chi connectivity index (χ3v) is 4.00. The van der Waals surface area contributed by atoms with E-state index in [1.165, 1.54) is 5.56 Å². The summed E-state index contributed by atoms with van der Waals surface area (Å²) in [6.45, 7) is 2.77. The summed E-state index contributed by atoms with van der Waals surface area (Å²) in [7, 11) is 0. The van der Waals surface area contributed by atoms with Crippen LogP contribution < -0.4 is 5.73 Å². The number of hydrogen-bond acceptors (Lipinski definition) is 5. The third kappa shape index (κ3) is 3.15. The van der Waals surface area contributed by atoms with Crippen molar-refractivity contribution in [1.29, 1.82) is 0 Å². The topological polar surface area (TPSA) is 97.3 Å². The molecule has 1 unspecified atom stereocenters. The first kappa shape index (κ1) is 14.7. The highest BCUT2D eigenvalue weighted by Gasteiger charge is 2.25. The Morgan fingerprint density at radius 3 is 2.68 bits per heavy atom.